The molecule has 0 spiro atoms. The number of carbonyl (C=O) groups is 6. The van der Waals surface area contributed by atoms with Gasteiger partial charge in [-0.2, -0.15) is 0 Å². The molecule has 2 N–H and O–H groups in total. The van der Waals surface area contributed by atoms with Crippen LogP contribution in [-0.2, 0) is 0 Å². The van der Waals surface area contributed by atoms with Crippen LogP contribution in [0.3, 0.4) is 0 Å². The van der Waals surface area contributed by atoms with Crippen molar-refractivity contribution in [2.45, 2.75) is 19.3 Å². The molecule has 9 nitrogen and oxygen atoms in total. The van der Waals surface area contributed by atoms with Gasteiger partial charge in [0.05, 0.1) is 30.3 Å². The fraction of sp³-hybridized carbons (Fsp3) is 0.0526. The van der Waals surface area contributed by atoms with E-state index in [4.69, 9.17) is 5.73 Å². The molecule has 2 aromatic heterocycles. The number of hydrogen-bond acceptors (Lipinski definition) is 9. The van der Waals surface area contributed by atoms with E-state index in [-0.39, 0.29) is 103 Å². The molecule has 0 aliphatic carbocycles. The maximum atomic E-state index is 11.8. The van der Waals surface area contributed by atoms with Crippen molar-refractivity contribution in [1.82, 2.24) is 9.97 Å². The van der Waals surface area contributed by atoms with Gasteiger partial charge in [0.1, 0.15) is 0 Å². The number of nitrogens with zero attached hydrogens (tertiary/aromatic N) is 2. The Morgan fingerprint density at radius 3 is 0.866 bits per heavy atom. The van der Waals surface area contributed by atoms with Crippen LogP contribution >= 0.6 is 0 Å². The molecule has 2 heterocycles. The number of pyridine rings is 2. The van der Waals surface area contributed by atoms with E-state index in [2.05, 4.69) is 9.97 Å². The summed E-state index contributed by atoms with van der Waals surface area (Å²) in [7, 11) is 0. The largest absolute Gasteiger partial charge is 3.00 e. The molecule has 0 bridgehead atoms. The van der Waals surface area contributed by atoms with Gasteiger partial charge in [-0.3, -0.25) is 38.7 Å². The van der Waals surface area contributed by atoms with Crippen LogP contribution in [0.2, 0.25) is 0 Å². The van der Waals surface area contributed by atoms with Crippen molar-refractivity contribution >= 4 is 62.2 Å². The molecule has 0 atom stereocenters. The molecule has 7 aromatic carbocycles. The Bertz CT molecular complexity index is 2660. The van der Waals surface area contributed by atoms with E-state index in [0.29, 0.717) is 33.4 Å². The summed E-state index contributed by atoms with van der Waals surface area (Å²) in [4.78, 5) is 79.5. The number of nitrogens with two attached hydrogens (primary N) is 1. The van der Waals surface area contributed by atoms with E-state index < -0.39 is 0 Å². The number of carbonyl (C=O) groups excluding carboxylic acids is 6. The number of fused-ring (bicyclic) bond motifs is 3. The Hall–Kier alpha value is -7.24. The topological polar surface area (TPSA) is 154 Å². The van der Waals surface area contributed by atoms with Crippen LogP contribution < -0.4 is 5.73 Å². The van der Waals surface area contributed by atoms with Crippen molar-refractivity contribution in [3.8, 4) is 0 Å². The molecule has 0 aliphatic rings. The zero-order valence-corrected chi connectivity index (χ0v) is 38.7. The summed E-state index contributed by atoms with van der Waals surface area (Å²) in [6.45, 7) is 0. The van der Waals surface area contributed by atoms with Gasteiger partial charge < -0.3 is 5.73 Å². The maximum Gasteiger partial charge on any atom is 3.00 e. The minimum Gasteiger partial charge on any atom is -0.398 e. The van der Waals surface area contributed by atoms with E-state index in [0.717, 1.165) is 27.5 Å². The summed E-state index contributed by atoms with van der Waals surface area (Å²) >= 11 is 0. The molecule has 0 saturated heterocycles. The average molecular weight is 1020 g/mol. The van der Waals surface area contributed by atoms with Crippen LogP contribution in [0.5, 0.6) is 0 Å². The molecular formula is C57H45EuN3O6+3. The summed E-state index contributed by atoms with van der Waals surface area (Å²) < 4.78 is 0. The number of aromatic nitrogens is 2. The van der Waals surface area contributed by atoms with Gasteiger partial charge in [0.2, 0.25) is 0 Å². The number of anilines is 1. The fourth-order valence-electron chi connectivity index (χ4n) is 6.60. The van der Waals surface area contributed by atoms with Crippen molar-refractivity contribution in [2.24, 2.45) is 0 Å². The molecule has 0 saturated carbocycles. The maximum absolute atomic E-state index is 11.8. The van der Waals surface area contributed by atoms with Crippen LogP contribution in [0.25, 0.3) is 21.8 Å². The second-order valence-electron chi connectivity index (χ2n) is 14.7. The van der Waals surface area contributed by atoms with Crippen LogP contribution in [0.15, 0.2) is 225 Å². The predicted molar refractivity (Wildman–Crippen MR) is 260 cm³/mol. The SMILES string of the molecule is Nc1cc2cccnc2c2ncccc12.O=C(CC(=O)c1ccccc1)c1ccccc1.O=C(CC(=O)c1ccccc1)c1ccccc1.O=C(CC(=O)c1ccccc1)c1ccccc1.[Eu+3]. The minimum atomic E-state index is -0.139. The summed E-state index contributed by atoms with van der Waals surface area (Å²) in [5.41, 5.74) is 12.0. The summed E-state index contributed by atoms with van der Waals surface area (Å²) in [6, 6.07) is 62.9. The van der Waals surface area contributed by atoms with Crippen molar-refractivity contribution in [1.29, 1.82) is 0 Å². The molecule has 328 valence electrons. The third kappa shape index (κ3) is 15.4. The fourth-order valence-corrected chi connectivity index (χ4v) is 6.60. The second kappa shape index (κ2) is 26.7. The standard InChI is InChI=1S/3C15H12O2.C12H9N3.Eu/c3*16-14(12-7-3-1-4-8-12)11-15(17)13-9-5-2-6-10-13;13-10-7-8-3-1-5-14-11(8)12-9(10)4-2-6-15-12;/h3*1-10H,11H2;1-7H,13H2;/q;;;;+3. The molecule has 0 amide bonds. The van der Waals surface area contributed by atoms with Crippen LogP contribution in [-0.4, -0.2) is 44.7 Å². The van der Waals surface area contributed by atoms with Gasteiger partial charge in [-0.25, -0.2) is 0 Å². The van der Waals surface area contributed by atoms with E-state index in [1.807, 2.05) is 66.7 Å². The number of ketones is 6. The molecule has 0 unspecified atom stereocenters. The molecule has 0 aliphatic heterocycles. The van der Waals surface area contributed by atoms with Crippen LogP contribution in [0.1, 0.15) is 81.4 Å². The van der Waals surface area contributed by atoms with Crippen molar-refractivity contribution in [3.05, 3.63) is 258 Å². The summed E-state index contributed by atoms with van der Waals surface area (Å²) in [6.07, 6.45) is 3.30. The van der Waals surface area contributed by atoms with Gasteiger partial charge in [-0.05, 0) is 24.3 Å². The van der Waals surface area contributed by atoms with Crippen LogP contribution in [0.4, 0.5) is 5.69 Å². The second-order valence-corrected chi connectivity index (χ2v) is 14.7. The number of benzene rings is 7. The summed E-state index contributed by atoms with van der Waals surface area (Å²) in [5.74, 6) is -0.836. The first-order valence-electron chi connectivity index (χ1n) is 21.1. The van der Waals surface area contributed by atoms with Crippen molar-refractivity contribution in [3.63, 3.8) is 0 Å². The molecule has 0 radical (unpaired) electrons. The molecule has 9 aromatic rings. The Morgan fingerprint density at radius 2 is 0.582 bits per heavy atom. The molecule has 9 rings (SSSR count). The zero-order chi connectivity index (χ0) is 46.5. The van der Waals surface area contributed by atoms with E-state index in [1.165, 1.54) is 0 Å². The number of Topliss-reactive ketones (excluding diaryl/α,β-unsaturated/α-hetero) is 6. The first-order valence-corrected chi connectivity index (χ1v) is 21.1. The van der Waals surface area contributed by atoms with Crippen molar-refractivity contribution in [2.75, 3.05) is 5.73 Å². The van der Waals surface area contributed by atoms with Gasteiger partial charge in [-0.15, -0.1) is 0 Å². The predicted octanol–water partition coefficient (Wildman–Crippen LogP) is 11.8. The normalized spacial score (nSPS) is 9.97. The monoisotopic (exact) mass is 1020 g/mol. The number of hydrogen-bond donors (Lipinski definition) is 1. The van der Waals surface area contributed by atoms with Crippen LogP contribution in [0, 0.1) is 49.4 Å². The zero-order valence-electron chi connectivity index (χ0n) is 36.3. The van der Waals surface area contributed by atoms with E-state index in [9.17, 15) is 28.8 Å². The van der Waals surface area contributed by atoms with Gasteiger partial charge >= 0.3 is 49.4 Å². The third-order valence-electron chi connectivity index (χ3n) is 10.0. The van der Waals surface area contributed by atoms with Gasteiger partial charge in [0, 0.05) is 62.2 Å². The van der Waals surface area contributed by atoms with Gasteiger partial charge in [0.15, 0.2) is 34.7 Å². The Morgan fingerprint density at radius 1 is 0.328 bits per heavy atom. The molecule has 10 heteroatoms. The number of nitrogen functional groups attached to an aromatic ring is 1. The number of rotatable bonds is 12. The molecule has 0 fully saturated rings. The van der Waals surface area contributed by atoms with Gasteiger partial charge in [-0.1, -0.05) is 188 Å². The van der Waals surface area contributed by atoms with Gasteiger partial charge in [0.25, 0.3) is 0 Å². The van der Waals surface area contributed by atoms with E-state index >= 15 is 0 Å². The molecule has 67 heavy (non-hydrogen) atoms. The first kappa shape index (κ1) is 50.8. The Kier molecular flexibility index (Phi) is 20.2. The summed E-state index contributed by atoms with van der Waals surface area (Å²) in [5, 5.41) is 1.99. The molecular weight excluding hydrogens is 975 g/mol. The Balaban J connectivity index is 0.000000166. The average Bonchev–Trinajstić information content (AvgIpc) is 3.38. The minimum absolute atomic E-state index is 0. The quantitative estimate of drug-likeness (QED) is 0.0545. The van der Waals surface area contributed by atoms with E-state index in [1.54, 1.807) is 158 Å². The third-order valence-corrected chi connectivity index (χ3v) is 10.0. The smallest absolute Gasteiger partial charge is 0.398 e. The van der Waals surface area contributed by atoms with Crippen molar-refractivity contribution < 1.29 is 78.1 Å². The first-order chi connectivity index (χ1) is 32.2. The Labute approximate surface area is 429 Å².